The number of hydrogen-bond acceptors (Lipinski definition) is 4. The first-order chi connectivity index (χ1) is 18.6. The van der Waals surface area contributed by atoms with Crippen molar-refractivity contribution in [2.24, 2.45) is 0 Å². The van der Waals surface area contributed by atoms with Crippen molar-refractivity contribution in [3.63, 3.8) is 0 Å². The highest BCUT2D eigenvalue weighted by Crippen LogP contribution is 2.36. The van der Waals surface area contributed by atoms with Gasteiger partial charge in [-0.05, 0) is 55.7 Å². The maximum absolute atomic E-state index is 13.7. The molecule has 0 spiro atoms. The van der Waals surface area contributed by atoms with E-state index < -0.39 is 51.9 Å². The summed E-state index contributed by atoms with van der Waals surface area (Å²) in [6.45, 7) is 0.445. The van der Waals surface area contributed by atoms with Crippen molar-refractivity contribution >= 4 is 62.3 Å². The van der Waals surface area contributed by atoms with E-state index in [0.717, 1.165) is 49.3 Å². The normalized spacial score (nSPS) is 15.4. The highest BCUT2D eigenvalue weighted by atomic mass is 35.5. The maximum atomic E-state index is 13.7. The van der Waals surface area contributed by atoms with Crippen LogP contribution in [0.2, 0.25) is 15.1 Å². The lowest BCUT2D eigenvalue weighted by molar-refractivity contribution is -0.139. The fraction of sp³-hybridized carbons (Fsp3) is 0.462. The molecule has 0 heterocycles. The third-order valence-electron chi connectivity index (χ3n) is 6.68. The lowest BCUT2D eigenvalue weighted by Crippen LogP contribution is -2.53. The van der Waals surface area contributed by atoms with Crippen LogP contribution in [0.5, 0.6) is 0 Å². The van der Waals surface area contributed by atoms with E-state index in [1.54, 1.807) is 6.07 Å². The summed E-state index contributed by atoms with van der Waals surface area (Å²) in [5.41, 5.74) is -1.15. The Morgan fingerprint density at radius 1 is 1.00 bits per heavy atom. The fourth-order valence-electron chi connectivity index (χ4n) is 4.46. The number of carbonyl (C=O) groups is 2. The largest absolute Gasteiger partial charge is 0.416 e. The molecule has 0 aromatic heterocycles. The molecule has 1 fully saturated rings. The second-order valence-electron chi connectivity index (χ2n) is 9.72. The average molecular weight is 643 g/mol. The van der Waals surface area contributed by atoms with Gasteiger partial charge in [-0.25, -0.2) is 8.42 Å². The van der Waals surface area contributed by atoms with Crippen LogP contribution < -0.4 is 9.62 Å². The van der Waals surface area contributed by atoms with Crippen LogP contribution in [0.1, 0.15) is 50.2 Å². The molecule has 0 aliphatic heterocycles. The van der Waals surface area contributed by atoms with Crippen LogP contribution in [0.25, 0.3) is 0 Å². The molecule has 220 valence electrons. The minimum atomic E-state index is -4.78. The van der Waals surface area contributed by atoms with Crippen molar-refractivity contribution in [2.45, 2.75) is 63.8 Å². The van der Waals surface area contributed by atoms with Crippen LogP contribution in [0.3, 0.4) is 0 Å². The molecule has 3 rings (SSSR count). The summed E-state index contributed by atoms with van der Waals surface area (Å²) >= 11 is 18.2. The lowest BCUT2D eigenvalue weighted by Gasteiger charge is -2.33. The van der Waals surface area contributed by atoms with Gasteiger partial charge in [-0.2, -0.15) is 13.2 Å². The molecule has 2 amide bonds. The van der Waals surface area contributed by atoms with Gasteiger partial charge in [-0.1, -0.05) is 60.1 Å². The number of alkyl halides is 3. The minimum Gasteiger partial charge on any atom is -0.352 e. The predicted molar refractivity (Wildman–Crippen MR) is 150 cm³/mol. The van der Waals surface area contributed by atoms with Gasteiger partial charge in [0.05, 0.1) is 32.6 Å². The zero-order chi connectivity index (χ0) is 29.8. The van der Waals surface area contributed by atoms with Crippen molar-refractivity contribution in [1.29, 1.82) is 0 Å². The van der Waals surface area contributed by atoms with E-state index >= 15 is 0 Å². The first-order valence-corrected chi connectivity index (χ1v) is 15.4. The van der Waals surface area contributed by atoms with E-state index in [0.29, 0.717) is 22.0 Å². The summed E-state index contributed by atoms with van der Waals surface area (Å²) in [6.07, 6.45) is 0.573. The Kier molecular flexibility index (Phi) is 10.6. The van der Waals surface area contributed by atoms with Gasteiger partial charge in [0.25, 0.3) is 0 Å². The van der Waals surface area contributed by atoms with E-state index in [4.69, 9.17) is 34.8 Å². The van der Waals surface area contributed by atoms with Gasteiger partial charge in [-0.15, -0.1) is 0 Å². The fourth-order valence-corrected chi connectivity index (χ4v) is 5.90. The molecular formula is C26H29Cl3F3N3O4S. The van der Waals surface area contributed by atoms with E-state index in [2.05, 4.69) is 5.32 Å². The Labute approximate surface area is 246 Å². The third-order valence-corrected chi connectivity index (χ3v) is 8.86. The maximum Gasteiger partial charge on any atom is 0.416 e. The summed E-state index contributed by atoms with van der Waals surface area (Å²) in [4.78, 5) is 28.0. The number of sulfonamides is 1. The van der Waals surface area contributed by atoms with E-state index in [1.807, 2.05) is 0 Å². The molecule has 0 radical (unpaired) electrons. The number of amides is 2. The number of carbonyl (C=O) groups excluding carboxylic acids is 2. The van der Waals surface area contributed by atoms with E-state index in [-0.39, 0.29) is 27.7 Å². The van der Waals surface area contributed by atoms with Crippen LogP contribution in [0, 0.1) is 0 Å². The summed E-state index contributed by atoms with van der Waals surface area (Å²) in [5, 5.41) is 3.13. The van der Waals surface area contributed by atoms with Gasteiger partial charge in [-0.3, -0.25) is 13.9 Å². The van der Waals surface area contributed by atoms with Crippen LogP contribution in [-0.2, 0) is 32.3 Å². The number of halogens is 6. The highest BCUT2D eigenvalue weighted by Gasteiger charge is 2.35. The van der Waals surface area contributed by atoms with Gasteiger partial charge in [0.15, 0.2) is 0 Å². The molecule has 1 saturated carbocycles. The average Bonchev–Trinajstić information content (AvgIpc) is 2.87. The molecule has 1 N–H and O–H groups in total. The zero-order valence-corrected chi connectivity index (χ0v) is 24.9. The molecular weight excluding hydrogens is 614 g/mol. The number of benzene rings is 2. The first-order valence-electron chi connectivity index (χ1n) is 12.5. The lowest BCUT2D eigenvalue weighted by atomic mass is 9.95. The molecule has 14 heteroatoms. The molecule has 1 aliphatic carbocycles. The number of hydrogen-bond donors (Lipinski definition) is 1. The number of nitrogens with zero attached hydrogens (tertiary/aromatic N) is 2. The van der Waals surface area contributed by atoms with Crippen LogP contribution in [0.4, 0.5) is 18.9 Å². The number of rotatable bonds is 9. The summed E-state index contributed by atoms with van der Waals surface area (Å²) in [7, 11) is -4.29. The predicted octanol–water partition coefficient (Wildman–Crippen LogP) is 6.30. The highest BCUT2D eigenvalue weighted by molar-refractivity contribution is 7.92. The minimum absolute atomic E-state index is 0.0536. The Balaban J connectivity index is 1.96. The van der Waals surface area contributed by atoms with Crippen LogP contribution in [-0.4, -0.2) is 50.0 Å². The van der Waals surface area contributed by atoms with Crippen LogP contribution >= 0.6 is 34.8 Å². The number of anilines is 1. The molecule has 1 aliphatic rings. The topological polar surface area (TPSA) is 86.8 Å². The van der Waals surface area contributed by atoms with Crippen molar-refractivity contribution < 1.29 is 31.2 Å². The van der Waals surface area contributed by atoms with E-state index in [9.17, 15) is 31.2 Å². The van der Waals surface area contributed by atoms with Crippen molar-refractivity contribution in [3.8, 4) is 0 Å². The number of nitrogens with one attached hydrogen (secondary N) is 1. The Morgan fingerprint density at radius 3 is 2.20 bits per heavy atom. The first kappa shape index (κ1) is 32.3. The quantitative estimate of drug-likeness (QED) is 0.348. The Bertz CT molecular complexity index is 1350. The molecule has 0 bridgehead atoms. The smallest absolute Gasteiger partial charge is 0.352 e. The molecule has 40 heavy (non-hydrogen) atoms. The molecule has 1 atom stereocenters. The van der Waals surface area contributed by atoms with Crippen molar-refractivity contribution in [3.05, 3.63) is 62.6 Å². The van der Waals surface area contributed by atoms with Gasteiger partial charge in [0.1, 0.15) is 12.6 Å². The van der Waals surface area contributed by atoms with Crippen LogP contribution in [0.15, 0.2) is 36.4 Å². The van der Waals surface area contributed by atoms with Gasteiger partial charge < -0.3 is 10.2 Å². The van der Waals surface area contributed by atoms with Crippen molar-refractivity contribution in [2.75, 3.05) is 17.1 Å². The van der Waals surface area contributed by atoms with Gasteiger partial charge in [0, 0.05) is 12.6 Å². The Hall–Kier alpha value is -2.21. The SMILES string of the molecule is C[C@H](C(=O)NC1CCCCC1)N(Cc1ccc(Cl)c(Cl)c1)C(=O)CN(c1cc(C(F)(F)F)ccc1Cl)S(C)(=O)=O. The molecule has 2 aromatic carbocycles. The molecule has 7 nitrogen and oxygen atoms in total. The monoisotopic (exact) mass is 641 g/mol. The summed E-state index contributed by atoms with van der Waals surface area (Å²) in [6, 6.07) is 5.70. The summed E-state index contributed by atoms with van der Waals surface area (Å²) in [5.74, 6) is -1.28. The van der Waals surface area contributed by atoms with Gasteiger partial charge >= 0.3 is 6.18 Å². The van der Waals surface area contributed by atoms with Gasteiger partial charge in [0.2, 0.25) is 21.8 Å². The second-order valence-corrected chi connectivity index (χ2v) is 12.9. The third kappa shape index (κ3) is 8.41. The molecule has 0 unspecified atom stereocenters. The molecule has 2 aromatic rings. The summed E-state index contributed by atoms with van der Waals surface area (Å²) < 4.78 is 66.1. The van der Waals surface area contributed by atoms with E-state index in [1.165, 1.54) is 19.1 Å². The zero-order valence-electron chi connectivity index (χ0n) is 21.8. The standard InChI is InChI=1S/C26H29Cl3F3N3O4S/c1-16(25(37)33-19-6-4-3-5-7-19)34(14-17-8-10-20(27)22(29)12-17)24(36)15-35(40(2,38)39)23-13-18(26(30,31)32)9-11-21(23)28/h8-13,16,19H,3-7,14-15H2,1-2H3,(H,33,37)/t16-/m1/s1. The Morgan fingerprint density at radius 2 is 1.62 bits per heavy atom. The second kappa shape index (κ2) is 13.2. The molecule has 0 saturated heterocycles. The van der Waals surface area contributed by atoms with Crippen molar-refractivity contribution in [1.82, 2.24) is 10.2 Å².